The number of carbonyl (C=O) groups excluding carboxylic acids is 2. The molecule has 24 heavy (non-hydrogen) atoms. The molecule has 0 unspecified atom stereocenters. The van der Waals surface area contributed by atoms with E-state index in [0.717, 1.165) is 17.7 Å². The lowest BCUT2D eigenvalue weighted by Gasteiger charge is -2.40. The minimum absolute atomic E-state index is 0.0103. The first kappa shape index (κ1) is 16.2. The summed E-state index contributed by atoms with van der Waals surface area (Å²) in [7, 11) is 0. The maximum absolute atomic E-state index is 12.5. The Morgan fingerprint density at radius 1 is 1.08 bits per heavy atom. The molecule has 0 spiro atoms. The van der Waals surface area contributed by atoms with Gasteiger partial charge in [-0.2, -0.15) is 0 Å². The van der Waals surface area contributed by atoms with Gasteiger partial charge in [-0.05, 0) is 31.0 Å². The Kier molecular flexibility index (Phi) is 4.65. The third kappa shape index (κ3) is 3.48. The number of carbonyl (C=O) groups is 2. The molecule has 1 atom stereocenters. The largest absolute Gasteiger partial charge is 0.328 e. The van der Waals surface area contributed by atoms with Crippen LogP contribution >= 0.6 is 0 Å². The number of hydrogen-bond acceptors (Lipinski definition) is 2. The molecular formula is C20H22N2O2. The molecule has 0 aromatic heterocycles. The molecule has 0 N–H and O–H groups in total. The molecule has 4 nitrogen and oxygen atoms in total. The minimum Gasteiger partial charge on any atom is -0.328 e. The van der Waals surface area contributed by atoms with Gasteiger partial charge in [0.05, 0.1) is 6.04 Å². The maximum Gasteiger partial charge on any atom is 0.246 e. The Labute approximate surface area is 142 Å². The average Bonchev–Trinajstić information content (AvgIpc) is 2.58. The van der Waals surface area contributed by atoms with Crippen molar-refractivity contribution < 1.29 is 9.59 Å². The van der Waals surface area contributed by atoms with E-state index in [4.69, 9.17) is 0 Å². The molecule has 1 aliphatic heterocycles. The lowest BCUT2D eigenvalue weighted by Crippen LogP contribution is -2.58. The molecule has 0 saturated carbocycles. The quantitative estimate of drug-likeness (QED) is 0.872. The fourth-order valence-electron chi connectivity index (χ4n) is 3.17. The van der Waals surface area contributed by atoms with Crippen LogP contribution in [0.4, 0.5) is 5.69 Å². The van der Waals surface area contributed by atoms with Crippen LogP contribution in [0, 0.1) is 6.92 Å². The maximum atomic E-state index is 12.5. The molecule has 0 radical (unpaired) electrons. The van der Waals surface area contributed by atoms with Crippen molar-refractivity contribution in [3.8, 4) is 0 Å². The molecule has 3 rings (SSSR count). The molecule has 1 aliphatic rings. The predicted octanol–water partition coefficient (Wildman–Crippen LogP) is 2.80. The smallest absolute Gasteiger partial charge is 0.246 e. The minimum atomic E-state index is -0.0483. The molecule has 0 bridgehead atoms. The van der Waals surface area contributed by atoms with Gasteiger partial charge in [-0.1, -0.05) is 48.0 Å². The van der Waals surface area contributed by atoms with Crippen molar-refractivity contribution in [2.75, 3.05) is 18.0 Å². The van der Waals surface area contributed by atoms with Gasteiger partial charge in [-0.15, -0.1) is 0 Å². The molecule has 2 aromatic rings. The van der Waals surface area contributed by atoms with Crippen molar-refractivity contribution in [2.45, 2.75) is 26.3 Å². The van der Waals surface area contributed by atoms with E-state index in [2.05, 4.69) is 12.1 Å². The van der Waals surface area contributed by atoms with E-state index < -0.39 is 0 Å². The van der Waals surface area contributed by atoms with Gasteiger partial charge in [0.1, 0.15) is 6.54 Å². The van der Waals surface area contributed by atoms with E-state index in [0.29, 0.717) is 6.54 Å². The van der Waals surface area contributed by atoms with Crippen molar-refractivity contribution in [1.29, 1.82) is 0 Å². The van der Waals surface area contributed by atoms with Crippen molar-refractivity contribution in [1.82, 2.24) is 4.90 Å². The molecule has 0 aliphatic carbocycles. The summed E-state index contributed by atoms with van der Waals surface area (Å²) in [5.74, 6) is -0.0776. The summed E-state index contributed by atoms with van der Waals surface area (Å²) in [5.41, 5.74) is 3.23. The highest BCUT2D eigenvalue weighted by Crippen LogP contribution is 2.22. The molecule has 2 amide bonds. The van der Waals surface area contributed by atoms with Crippen LogP contribution in [0.2, 0.25) is 0 Å². The van der Waals surface area contributed by atoms with Crippen LogP contribution in [0.1, 0.15) is 18.1 Å². The molecule has 124 valence electrons. The molecular weight excluding hydrogens is 300 g/mol. The van der Waals surface area contributed by atoms with Crippen LogP contribution in [0.5, 0.6) is 0 Å². The fourth-order valence-corrected chi connectivity index (χ4v) is 3.17. The highest BCUT2D eigenvalue weighted by molar-refractivity contribution is 5.98. The van der Waals surface area contributed by atoms with Crippen LogP contribution in [-0.2, 0) is 16.0 Å². The van der Waals surface area contributed by atoms with Gasteiger partial charge in [-0.3, -0.25) is 9.59 Å². The van der Waals surface area contributed by atoms with Gasteiger partial charge in [0.2, 0.25) is 11.8 Å². The molecule has 4 heteroatoms. The third-order valence-electron chi connectivity index (χ3n) is 4.51. The highest BCUT2D eigenvalue weighted by atomic mass is 16.2. The zero-order chi connectivity index (χ0) is 17.1. The molecule has 2 aromatic carbocycles. The predicted molar refractivity (Wildman–Crippen MR) is 94.9 cm³/mol. The second-order valence-corrected chi connectivity index (χ2v) is 6.33. The van der Waals surface area contributed by atoms with E-state index in [9.17, 15) is 9.59 Å². The number of piperazine rings is 1. The summed E-state index contributed by atoms with van der Waals surface area (Å²) >= 11 is 0. The van der Waals surface area contributed by atoms with Crippen LogP contribution in [0.3, 0.4) is 0 Å². The van der Waals surface area contributed by atoms with E-state index in [-0.39, 0.29) is 24.4 Å². The summed E-state index contributed by atoms with van der Waals surface area (Å²) in [5, 5.41) is 0. The monoisotopic (exact) mass is 322 g/mol. The van der Waals surface area contributed by atoms with E-state index in [1.807, 2.05) is 49.4 Å². The van der Waals surface area contributed by atoms with Crippen LogP contribution in [-0.4, -0.2) is 35.8 Å². The lowest BCUT2D eigenvalue weighted by molar-refractivity contribution is -0.137. The number of amides is 2. The number of rotatable bonds is 3. The van der Waals surface area contributed by atoms with E-state index in [1.165, 1.54) is 12.5 Å². The lowest BCUT2D eigenvalue weighted by atomic mass is 10.0. The first-order valence-corrected chi connectivity index (χ1v) is 8.23. The van der Waals surface area contributed by atoms with Gasteiger partial charge >= 0.3 is 0 Å². The first-order chi connectivity index (χ1) is 11.5. The molecule has 1 fully saturated rings. The number of benzene rings is 2. The topological polar surface area (TPSA) is 40.6 Å². The highest BCUT2D eigenvalue weighted by Gasteiger charge is 2.34. The normalized spacial score (nSPS) is 17.9. The number of nitrogens with zero attached hydrogens (tertiary/aromatic N) is 2. The third-order valence-corrected chi connectivity index (χ3v) is 4.51. The zero-order valence-electron chi connectivity index (χ0n) is 14.1. The molecule has 1 heterocycles. The average molecular weight is 322 g/mol. The second kappa shape index (κ2) is 6.87. The number of hydrogen-bond donors (Lipinski definition) is 0. The van der Waals surface area contributed by atoms with Crippen molar-refractivity contribution in [2.24, 2.45) is 0 Å². The van der Waals surface area contributed by atoms with Crippen molar-refractivity contribution >= 4 is 17.5 Å². The first-order valence-electron chi connectivity index (χ1n) is 8.23. The van der Waals surface area contributed by atoms with Gasteiger partial charge in [0.15, 0.2) is 0 Å². The van der Waals surface area contributed by atoms with Crippen molar-refractivity contribution in [3.05, 3.63) is 65.7 Å². The zero-order valence-corrected chi connectivity index (χ0v) is 14.1. The van der Waals surface area contributed by atoms with E-state index in [1.54, 1.807) is 9.80 Å². The summed E-state index contributed by atoms with van der Waals surface area (Å²) < 4.78 is 0. The Bertz CT molecular complexity index is 725. The number of anilines is 1. The van der Waals surface area contributed by atoms with Gasteiger partial charge in [0, 0.05) is 19.2 Å². The summed E-state index contributed by atoms with van der Waals surface area (Å²) in [6.45, 7) is 4.22. The standard InChI is InChI=1S/C20H22N2O2/c1-15-8-10-18(11-9-15)22-13-19(12-17-6-4-3-5-7-17)21(16(2)23)14-20(22)24/h3-11,19H,12-14H2,1-2H3/t19-/m1/s1. The Morgan fingerprint density at radius 3 is 2.38 bits per heavy atom. The van der Waals surface area contributed by atoms with Crippen LogP contribution in [0.25, 0.3) is 0 Å². The van der Waals surface area contributed by atoms with Gasteiger partial charge < -0.3 is 9.80 Å². The molecule has 1 saturated heterocycles. The van der Waals surface area contributed by atoms with Crippen LogP contribution in [0.15, 0.2) is 54.6 Å². The van der Waals surface area contributed by atoms with Crippen LogP contribution < -0.4 is 4.90 Å². The Hall–Kier alpha value is -2.62. The Morgan fingerprint density at radius 2 is 1.75 bits per heavy atom. The summed E-state index contributed by atoms with van der Waals surface area (Å²) in [6.07, 6.45) is 0.746. The van der Waals surface area contributed by atoms with Gasteiger partial charge in [0.25, 0.3) is 0 Å². The van der Waals surface area contributed by atoms with Crippen molar-refractivity contribution in [3.63, 3.8) is 0 Å². The second-order valence-electron chi connectivity index (χ2n) is 6.33. The Balaban J connectivity index is 1.85. The number of aryl methyl sites for hydroxylation is 1. The summed E-state index contributed by atoms with van der Waals surface area (Å²) in [4.78, 5) is 28.0. The summed E-state index contributed by atoms with van der Waals surface area (Å²) in [6, 6.07) is 18.0. The van der Waals surface area contributed by atoms with Gasteiger partial charge in [-0.25, -0.2) is 0 Å². The fraction of sp³-hybridized carbons (Fsp3) is 0.300. The SMILES string of the molecule is CC(=O)N1CC(=O)N(c2ccc(C)cc2)C[C@H]1Cc1ccccc1. The van der Waals surface area contributed by atoms with E-state index >= 15 is 0 Å².